The molecule has 0 amide bonds. The van der Waals surface area contributed by atoms with Gasteiger partial charge in [-0.15, -0.1) is 0 Å². The van der Waals surface area contributed by atoms with E-state index < -0.39 is 0 Å². The van der Waals surface area contributed by atoms with Crippen LogP contribution < -0.4 is 24.4 Å². The van der Waals surface area contributed by atoms with Gasteiger partial charge in [0.2, 0.25) is 5.95 Å². The summed E-state index contributed by atoms with van der Waals surface area (Å²) >= 11 is 0. The molecule has 2 heterocycles. The van der Waals surface area contributed by atoms with Crippen LogP contribution in [-0.4, -0.2) is 46.7 Å². The van der Waals surface area contributed by atoms with Crippen molar-refractivity contribution in [2.45, 2.75) is 47.1 Å². The predicted octanol–water partition coefficient (Wildman–Crippen LogP) is 6.02. The SMILES string of the molecule is CCCN(CCC)c1nc(OCc2ccc(OC)c(OCC)c2)nc2nc(Nc3ccc(C)cc3)[nH]c12. The van der Waals surface area contributed by atoms with Crippen LogP contribution in [0.5, 0.6) is 17.5 Å². The van der Waals surface area contributed by atoms with E-state index in [9.17, 15) is 0 Å². The van der Waals surface area contributed by atoms with Crippen LogP contribution in [-0.2, 0) is 6.61 Å². The molecule has 0 aliphatic rings. The summed E-state index contributed by atoms with van der Waals surface area (Å²) in [4.78, 5) is 19.8. The second-order valence-electron chi connectivity index (χ2n) is 8.80. The lowest BCUT2D eigenvalue weighted by atomic mass is 10.2. The van der Waals surface area contributed by atoms with Gasteiger partial charge < -0.3 is 29.4 Å². The number of rotatable bonds is 13. The number of nitrogens with zero attached hydrogens (tertiary/aromatic N) is 4. The average molecular weight is 505 g/mol. The van der Waals surface area contributed by atoms with Gasteiger partial charge in [0, 0.05) is 18.8 Å². The lowest BCUT2D eigenvalue weighted by Gasteiger charge is -2.23. The molecule has 0 bridgehead atoms. The van der Waals surface area contributed by atoms with E-state index in [-0.39, 0.29) is 12.6 Å². The van der Waals surface area contributed by atoms with E-state index in [0.717, 1.165) is 48.5 Å². The average Bonchev–Trinajstić information content (AvgIpc) is 3.31. The number of anilines is 3. The van der Waals surface area contributed by atoms with Gasteiger partial charge in [-0.3, -0.25) is 0 Å². The highest BCUT2D eigenvalue weighted by molar-refractivity contribution is 5.86. The van der Waals surface area contributed by atoms with E-state index in [1.165, 1.54) is 5.56 Å². The monoisotopic (exact) mass is 504 g/mol. The first kappa shape index (κ1) is 26.1. The first-order chi connectivity index (χ1) is 18.0. The quantitative estimate of drug-likeness (QED) is 0.228. The first-order valence-corrected chi connectivity index (χ1v) is 12.8. The zero-order chi connectivity index (χ0) is 26.2. The third kappa shape index (κ3) is 6.41. The molecule has 0 aliphatic carbocycles. The lowest BCUT2D eigenvalue weighted by molar-refractivity contribution is 0.278. The molecule has 0 saturated carbocycles. The Morgan fingerprint density at radius 1 is 0.892 bits per heavy atom. The molecular formula is C28H36N6O3. The van der Waals surface area contributed by atoms with Crippen molar-refractivity contribution < 1.29 is 14.2 Å². The normalized spacial score (nSPS) is 10.9. The molecule has 0 unspecified atom stereocenters. The Kier molecular flexibility index (Phi) is 8.66. The van der Waals surface area contributed by atoms with Crippen molar-refractivity contribution in [2.24, 2.45) is 0 Å². The molecular weight excluding hydrogens is 468 g/mol. The number of hydrogen-bond acceptors (Lipinski definition) is 8. The molecule has 0 spiro atoms. The highest BCUT2D eigenvalue weighted by Gasteiger charge is 2.19. The van der Waals surface area contributed by atoms with Crippen LogP contribution in [0.15, 0.2) is 42.5 Å². The summed E-state index contributed by atoms with van der Waals surface area (Å²) < 4.78 is 17.2. The van der Waals surface area contributed by atoms with Gasteiger partial charge in [-0.05, 0) is 56.5 Å². The van der Waals surface area contributed by atoms with Gasteiger partial charge in [0.25, 0.3) is 0 Å². The summed E-state index contributed by atoms with van der Waals surface area (Å²) in [5.74, 6) is 2.76. The predicted molar refractivity (Wildman–Crippen MR) is 147 cm³/mol. The summed E-state index contributed by atoms with van der Waals surface area (Å²) in [5.41, 5.74) is 4.41. The number of aromatic amines is 1. The number of imidazole rings is 1. The third-order valence-electron chi connectivity index (χ3n) is 5.81. The second kappa shape index (κ2) is 12.3. The molecule has 9 heteroatoms. The number of fused-ring (bicyclic) bond motifs is 1. The summed E-state index contributed by atoms with van der Waals surface area (Å²) in [7, 11) is 1.63. The van der Waals surface area contributed by atoms with Gasteiger partial charge in [-0.1, -0.05) is 37.6 Å². The summed E-state index contributed by atoms with van der Waals surface area (Å²) in [6.07, 6.45) is 1.99. The van der Waals surface area contributed by atoms with E-state index in [0.29, 0.717) is 29.7 Å². The Balaban J connectivity index is 1.65. The topological polar surface area (TPSA) is 97.4 Å². The maximum absolute atomic E-state index is 6.08. The van der Waals surface area contributed by atoms with E-state index in [1.807, 2.05) is 37.3 Å². The molecule has 0 aliphatic heterocycles. The number of aromatic nitrogens is 4. The maximum atomic E-state index is 6.08. The van der Waals surface area contributed by atoms with Gasteiger partial charge in [0.1, 0.15) is 12.1 Å². The zero-order valence-electron chi connectivity index (χ0n) is 22.3. The number of nitrogens with one attached hydrogen (secondary N) is 2. The number of H-pyrrole nitrogens is 1. The van der Waals surface area contributed by atoms with Crippen LogP contribution in [0.2, 0.25) is 0 Å². The number of methoxy groups -OCH3 is 1. The molecule has 2 N–H and O–H groups in total. The molecule has 196 valence electrons. The molecule has 0 saturated heterocycles. The smallest absolute Gasteiger partial charge is 0.320 e. The third-order valence-corrected chi connectivity index (χ3v) is 5.81. The standard InChI is InChI=1S/C28H36N6O3/c1-6-15-34(16-7-2)26-24-25(31-27(30-24)29-21-12-9-19(4)10-13-21)32-28(33-26)37-18-20-11-14-22(35-5)23(17-20)36-8-3/h9-14,17H,6-8,15-16,18H2,1-5H3,(H2,29,30,31,32,33). The largest absolute Gasteiger partial charge is 0.493 e. The fourth-order valence-corrected chi connectivity index (χ4v) is 4.08. The number of benzene rings is 2. The van der Waals surface area contributed by atoms with Crippen molar-refractivity contribution in [1.82, 2.24) is 19.9 Å². The highest BCUT2D eigenvalue weighted by Crippen LogP contribution is 2.30. The van der Waals surface area contributed by atoms with Crippen molar-refractivity contribution in [3.05, 3.63) is 53.6 Å². The lowest BCUT2D eigenvalue weighted by Crippen LogP contribution is -2.26. The molecule has 2 aromatic heterocycles. The van der Waals surface area contributed by atoms with Gasteiger partial charge in [0.15, 0.2) is 23.0 Å². The van der Waals surface area contributed by atoms with Crippen molar-refractivity contribution in [3.63, 3.8) is 0 Å². The van der Waals surface area contributed by atoms with Crippen LogP contribution in [0.1, 0.15) is 44.7 Å². The van der Waals surface area contributed by atoms with Gasteiger partial charge in [0.05, 0.1) is 13.7 Å². The van der Waals surface area contributed by atoms with E-state index in [4.69, 9.17) is 24.2 Å². The van der Waals surface area contributed by atoms with Crippen molar-refractivity contribution in [1.29, 1.82) is 0 Å². The number of ether oxygens (including phenoxy) is 3. The Labute approximate surface area is 218 Å². The molecule has 37 heavy (non-hydrogen) atoms. The van der Waals surface area contributed by atoms with Crippen LogP contribution >= 0.6 is 0 Å². The van der Waals surface area contributed by atoms with Gasteiger partial charge >= 0.3 is 6.01 Å². The molecule has 0 fully saturated rings. The maximum Gasteiger partial charge on any atom is 0.320 e. The minimum Gasteiger partial charge on any atom is -0.493 e. The Morgan fingerprint density at radius 2 is 1.65 bits per heavy atom. The number of aryl methyl sites for hydroxylation is 1. The van der Waals surface area contributed by atoms with Crippen LogP contribution in [0.25, 0.3) is 11.2 Å². The molecule has 4 aromatic rings. The van der Waals surface area contributed by atoms with Crippen molar-refractivity contribution >= 4 is 28.6 Å². The fraction of sp³-hybridized carbons (Fsp3) is 0.393. The summed E-state index contributed by atoms with van der Waals surface area (Å²) in [6.45, 7) is 10.9. The second-order valence-corrected chi connectivity index (χ2v) is 8.80. The molecule has 9 nitrogen and oxygen atoms in total. The first-order valence-electron chi connectivity index (χ1n) is 12.8. The van der Waals surface area contributed by atoms with Crippen LogP contribution in [0.4, 0.5) is 17.5 Å². The molecule has 4 rings (SSSR count). The molecule has 2 aromatic carbocycles. The Hall–Kier alpha value is -4.01. The van der Waals surface area contributed by atoms with Crippen molar-refractivity contribution in [3.8, 4) is 17.5 Å². The summed E-state index contributed by atoms with van der Waals surface area (Å²) in [6, 6.07) is 14.2. The van der Waals surface area contributed by atoms with Gasteiger partial charge in [-0.25, -0.2) is 0 Å². The van der Waals surface area contributed by atoms with E-state index in [1.54, 1.807) is 7.11 Å². The minimum absolute atomic E-state index is 0.280. The highest BCUT2D eigenvalue weighted by atomic mass is 16.5. The van der Waals surface area contributed by atoms with Crippen LogP contribution in [0.3, 0.4) is 0 Å². The van der Waals surface area contributed by atoms with Gasteiger partial charge in [-0.2, -0.15) is 15.0 Å². The van der Waals surface area contributed by atoms with E-state index >= 15 is 0 Å². The van der Waals surface area contributed by atoms with Crippen LogP contribution in [0, 0.1) is 6.92 Å². The minimum atomic E-state index is 0.280. The zero-order valence-corrected chi connectivity index (χ0v) is 22.3. The molecule has 0 radical (unpaired) electrons. The Morgan fingerprint density at radius 3 is 2.32 bits per heavy atom. The van der Waals surface area contributed by atoms with Crippen molar-refractivity contribution in [2.75, 3.05) is 37.0 Å². The molecule has 0 atom stereocenters. The summed E-state index contributed by atoms with van der Waals surface area (Å²) in [5, 5.41) is 3.34. The Bertz CT molecular complexity index is 1300. The number of hydrogen-bond donors (Lipinski definition) is 2. The fourth-order valence-electron chi connectivity index (χ4n) is 4.08. The van der Waals surface area contributed by atoms with E-state index in [2.05, 4.69) is 53.1 Å².